The highest BCUT2D eigenvalue weighted by molar-refractivity contribution is 5.93. The monoisotopic (exact) mass is 371 g/mol. The van der Waals surface area contributed by atoms with E-state index in [1.54, 1.807) is 0 Å². The number of carboxylic acid groups (broad SMARTS) is 1. The van der Waals surface area contributed by atoms with E-state index in [0.717, 1.165) is 6.07 Å². The maximum atomic E-state index is 14.4. The molecule has 0 aliphatic rings. The van der Waals surface area contributed by atoms with Crippen molar-refractivity contribution < 1.29 is 18.7 Å². The molecule has 0 aliphatic heterocycles. The number of aromatic nitrogens is 2. The number of halogens is 2. The molecule has 2 aromatic carbocycles. The normalized spacial score (nSPS) is 11.2. The predicted molar refractivity (Wildman–Crippen MR) is 100.0 cm³/mol. The molecular weight excluding hydrogens is 352 g/mol. The highest BCUT2D eigenvalue weighted by atomic mass is 19.1. The van der Waals surface area contributed by atoms with Crippen LogP contribution in [0.3, 0.4) is 0 Å². The Labute approximate surface area is 155 Å². The molecule has 0 aliphatic carbocycles. The number of fused-ring (bicyclic) bond motifs is 1. The van der Waals surface area contributed by atoms with Crippen LogP contribution in [0.5, 0.6) is 0 Å². The maximum absolute atomic E-state index is 14.4. The lowest BCUT2D eigenvalue weighted by Gasteiger charge is -2.23. The number of carboxylic acids is 1. The number of anilines is 1. The molecule has 1 heterocycles. The van der Waals surface area contributed by atoms with E-state index >= 15 is 0 Å². The Morgan fingerprint density at radius 2 is 1.85 bits per heavy atom. The number of rotatable bonds is 5. The molecular formula is C20H19F2N3O2. The topological polar surface area (TPSA) is 66.3 Å². The molecule has 3 rings (SSSR count). The van der Waals surface area contributed by atoms with Crippen molar-refractivity contribution >= 4 is 22.8 Å². The molecule has 0 saturated heterocycles. The first-order chi connectivity index (χ1) is 12.8. The zero-order chi connectivity index (χ0) is 19.7. The summed E-state index contributed by atoms with van der Waals surface area (Å²) >= 11 is 0. The van der Waals surface area contributed by atoms with Crippen molar-refractivity contribution in [3.05, 3.63) is 53.6 Å². The summed E-state index contributed by atoms with van der Waals surface area (Å²) in [5.41, 5.74) is 1.34. The summed E-state index contributed by atoms with van der Waals surface area (Å²) in [4.78, 5) is 22.1. The van der Waals surface area contributed by atoms with E-state index in [1.807, 2.05) is 25.8 Å². The van der Waals surface area contributed by atoms with Gasteiger partial charge in [-0.05, 0) is 36.2 Å². The number of benzene rings is 2. The van der Waals surface area contributed by atoms with Crippen LogP contribution in [-0.2, 0) is 0 Å². The lowest BCUT2D eigenvalue weighted by molar-refractivity contribution is 0.0697. The van der Waals surface area contributed by atoms with Crippen molar-refractivity contribution in [1.29, 1.82) is 0 Å². The highest BCUT2D eigenvalue weighted by Gasteiger charge is 2.19. The summed E-state index contributed by atoms with van der Waals surface area (Å²) in [6, 6.07) is 7.69. The Morgan fingerprint density at radius 1 is 1.11 bits per heavy atom. The molecule has 0 bridgehead atoms. The van der Waals surface area contributed by atoms with E-state index in [4.69, 9.17) is 0 Å². The van der Waals surface area contributed by atoms with Crippen molar-refractivity contribution in [2.75, 3.05) is 18.5 Å². The van der Waals surface area contributed by atoms with Gasteiger partial charge in [0, 0.05) is 25.2 Å². The van der Waals surface area contributed by atoms with Crippen LogP contribution in [0.1, 0.15) is 24.2 Å². The molecule has 0 spiro atoms. The molecule has 27 heavy (non-hydrogen) atoms. The fourth-order valence-corrected chi connectivity index (χ4v) is 2.94. The zero-order valence-electron chi connectivity index (χ0n) is 15.2. The molecule has 7 heteroatoms. The fraction of sp³-hybridized carbons (Fsp3) is 0.250. The van der Waals surface area contributed by atoms with Crippen molar-refractivity contribution in [2.45, 2.75) is 13.8 Å². The minimum atomic E-state index is -1.07. The van der Waals surface area contributed by atoms with E-state index in [-0.39, 0.29) is 16.8 Å². The summed E-state index contributed by atoms with van der Waals surface area (Å²) in [6.45, 7) is 4.70. The summed E-state index contributed by atoms with van der Waals surface area (Å²) in [6.07, 6.45) is 0. The van der Waals surface area contributed by atoms with Crippen LogP contribution in [0.15, 0.2) is 36.4 Å². The second-order valence-electron chi connectivity index (χ2n) is 6.80. The first-order valence-electron chi connectivity index (χ1n) is 8.48. The van der Waals surface area contributed by atoms with Gasteiger partial charge in [0.2, 0.25) is 0 Å². The second kappa shape index (κ2) is 7.26. The molecule has 1 N–H and O–H groups in total. The Kier molecular flexibility index (Phi) is 5.03. The van der Waals surface area contributed by atoms with E-state index in [0.29, 0.717) is 29.3 Å². The summed E-state index contributed by atoms with van der Waals surface area (Å²) in [7, 11) is 1.81. The van der Waals surface area contributed by atoms with Gasteiger partial charge in [-0.3, -0.25) is 0 Å². The first kappa shape index (κ1) is 18.7. The van der Waals surface area contributed by atoms with Gasteiger partial charge in [-0.1, -0.05) is 13.8 Å². The molecule has 1 aromatic heterocycles. The van der Waals surface area contributed by atoms with Gasteiger partial charge in [0.25, 0.3) is 0 Å². The third-order valence-electron chi connectivity index (χ3n) is 4.08. The minimum Gasteiger partial charge on any atom is -0.478 e. The number of hydrogen-bond acceptors (Lipinski definition) is 4. The molecule has 5 nitrogen and oxygen atoms in total. The zero-order valence-corrected chi connectivity index (χ0v) is 15.2. The molecule has 0 atom stereocenters. The standard InChI is InChI=1S/C20H19F2N3O2/c1-11(2)10-25(3)19-18(14-6-5-13(21)9-15(14)22)23-16-7-4-12(20(26)27)8-17(16)24-19/h4-9,11H,10H2,1-3H3,(H,26,27). The third-order valence-corrected chi connectivity index (χ3v) is 4.08. The van der Waals surface area contributed by atoms with Crippen molar-refractivity contribution in [2.24, 2.45) is 5.92 Å². The van der Waals surface area contributed by atoms with Crippen LogP contribution in [0.2, 0.25) is 0 Å². The summed E-state index contributed by atoms with van der Waals surface area (Å²) in [5, 5.41) is 9.19. The molecule has 0 amide bonds. The van der Waals surface area contributed by atoms with Crippen LogP contribution >= 0.6 is 0 Å². The van der Waals surface area contributed by atoms with Crippen LogP contribution in [-0.4, -0.2) is 34.6 Å². The van der Waals surface area contributed by atoms with Gasteiger partial charge in [0.1, 0.15) is 17.3 Å². The van der Waals surface area contributed by atoms with Crippen molar-refractivity contribution in [1.82, 2.24) is 9.97 Å². The van der Waals surface area contributed by atoms with Crippen LogP contribution in [0, 0.1) is 17.6 Å². The largest absolute Gasteiger partial charge is 0.478 e. The Morgan fingerprint density at radius 3 is 2.48 bits per heavy atom. The third kappa shape index (κ3) is 3.86. The van der Waals surface area contributed by atoms with Crippen molar-refractivity contribution in [3.8, 4) is 11.3 Å². The van der Waals surface area contributed by atoms with Gasteiger partial charge < -0.3 is 10.0 Å². The maximum Gasteiger partial charge on any atom is 0.335 e. The number of hydrogen-bond donors (Lipinski definition) is 1. The fourth-order valence-electron chi connectivity index (χ4n) is 2.94. The molecule has 0 radical (unpaired) electrons. The molecule has 0 unspecified atom stereocenters. The van der Waals surface area contributed by atoms with E-state index in [1.165, 1.54) is 30.3 Å². The predicted octanol–water partition coefficient (Wildman–Crippen LogP) is 4.37. The van der Waals surface area contributed by atoms with Crippen LogP contribution in [0.4, 0.5) is 14.6 Å². The Bertz CT molecular complexity index is 1020. The SMILES string of the molecule is CC(C)CN(C)c1nc2cc(C(=O)O)ccc2nc1-c1ccc(F)cc1F. The summed E-state index contributed by atoms with van der Waals surface area (Å²) in [5.74, 6) is -1.75. The lowest BCUT2D eigenvalue weighted by atomic mass is 10.1. The quantitative estimate of drug-likeness (QED) is 0.722. The van der Waals surface area contributed by atoms with Crippen LogP contribution in [0.25, 0.3) is 22.3 Å². The molecule has 0 saturated carbocycles. The Hall–Kier alpha value is -3.09. The number of carbonyl (C=O) groups is 1. The van der Waals surface area contributed by atoms with Crippen LogP contribution < -0.4 is 4.90 Å². The smallest absolute Gasteiger partial charge is 0.335 e. The van der Waals surface area contributed by atoms with Crippen molar-refractivity contribution in [3.63, 3.8) is 0 Å². The number of aromatic carboxylic acids is 1. The van der Waals surface area contributed by atoms with E-state index < -0.39 is 17.6 Å². The first-order valence-corrected chi connectivity index (χ1v) is 8.48. The second-order valence-corrected chi connectivity index (χ2v) is 6.80. The molecule has 140 valence electrons. The minimum absolute atomic E-state index is 0.0926. The average Bonchev–Trinajstić information content (AvgIpc) is 2.59. The highest BCUT2D eigenvalue weighted by Crippen LogP contribution is 2.32. The Balaban J connectivity index is 2.25. The molecule has 3 aromatic rings. The van der Waals surface area contributed by atoms with Gasteiger partial charge in [-0.25, -0.2) is 23.5 Å². The lowest BCUT2D eigenvalue weighted by Crippen LogP contribution is -2.24. The average molecular weight is 371 g/mol. The van der Waals surface area contributed by atoms with Gasteiger partial charge in [-0.15, -0.1) is 0 Å². The van der Waals surface area contributed by atoms with Gasteiger partial charge >= 0.3 is 5.97 Å². The van der Waals surface area contributed by atoms with E-state index in [2.05, 4.69) is 9.97 Å². The molecule has 0 fully saturated rings. The van der Waals surface area contributed by atoms with E-state index in [9.17, 15) is 18.7 Å². The van der Waals surface area contributed by atoms with Gasteiger partial charge in [-0.2, -0.15) is 0 Å². The van der Waals surface area contributed by atoms with Gasteiger partial charge in [0.05, 0.1) is 16.6 Å². The number of nitrogens with zero attached hydrogens (tertiary/aromatic N) is 3. The summed E-state index contributed by atoms with van der Waals surface area (Å²) < 4.78 is 27.7. The van der Waals surface area contributed by atoms with Gasteiger partial charge in [0.15, 0.2) is 5.82 Å².